The second-order valence-electron chi connectivity index (χ2n) is 2.80. The van der Waals surface area contributed by atoms with Crippen LogP contribution in [-0.2, 0) is 0 Å². The quantitative estimate of drug-likeness (QED) is 0.522. The normalized spacial score (nSPS) is 13.5. The van der Waals surface area contributed by atoms with Crippen molar-refractivity contribution in [2.75, 3.05) is 0 Å². The molecule has 57 valence electrons. The smallest absolute Gasteiger partial charge is 0.00860 e. The summed E-state index contributed by atoms with van der Waals surface area (Å²) >= 11 is 0. The fourth-order valence-electron chi connectivity index (χ4n) is 0.523. The van der Waals surface area contributed by atoms with Crippen LogP contribution in [0.15, 0.2) is 23.8 Å². The lowest BCUT2D eigenvalue weighted by atomic mass is 10.2. The summed E-state index contributed by atoms with van der Waals surface area (Å²) in [6.45, 7) is 8.52. The molecule has 0 saturated heterocycles. The first-order valence-corrected chi connectivity index (χ1v) is 3.80. The van der Waals surface area contributed by atoms with Gasteiger partial charge in [0.05, 0.1) is 0 Å². The first-order chi connectivity index (χ1) is 4.66. The summed E-state index contributed by atoms with van der Waals surface area (Å²) in [5, 5.41) is 0. The minimum Gasteiger partial charge on any atom is -0.0780 e. The van der Waals surface area contributed by atoms with Gasteiger partial charge in [0.25, 0.3) is 0 Å². The molecule has 1 radical (unpaired) electrons. The van der Waals surface area contributed by atoms with Gasteiger partial charge >= 0.3 is 0 Å². The Morgan fingerprint density at radius 2 is 1.80 bits per heavy atom. The van der Waals surface area contributed by atoms with Crippen LogP contribution >= 0.6 is 0 Å². The van der Waals surface area contributed by atoms with E-state index in [9.17, 15) is 0 Å². The predicted molar refractivity (Wildman–Crippen MR) is 47.8 cm³/mol. The largest absolute Gasteiger partial charge is 0.0780 e. The lowest BCUT2D eigenvalue weighted by Crippen LogP contribution is -1.73. The highest BCUT2D eigenvalue weighted by atomic mass is 13.9. The molecule has 0 nitrogen and oxygen atoms in total. The molecule has 0 saturated carbocycles. The van der Waals surface area contributed by atoms with Crippen LogP contribution in [0.1, 0.15) is 34.1 Å². The van der Waals surface area contributed by atoms with Gasteiger partial charge in [0, 0.05) is 0 Å². The highest BCUT2D eigenvalue weighted by Crippen LogP contribution is 2.01. The molecule has 0 N–H and O–H groups in total. The Kier molecular flexibility index (Phi) is 5.00. The van der Waals surface area contributed by atoms with Gasteiger partial charge in [-0.2, -0.15) is 0 Å². The van der Waals surface area contributed by atoms with Gasteiger partial charge in [0.15, 0.2) is 0 Å². The molecular weight excluding hydrogens is 120 g/mol. The van der Waals surface area contributed by atoms with Crippen LogP contribution in [-0.4, -0.2) is 0 Å². The number of hydrogen-bond acceptors (Lipinski definition) is 0. The molecule has 0 aromatic heterocycles. The highest BCUT2D eigenvalue weighted by Gasteiger charge is 1.82. The van der Waals surface area contributed by atoms with Crippen LogP contribution in [0.4, 0.5) is 0 Å². The molecule has 0 spiro atoms. The fourth-order valence-corrected chi connectivity index (χ4v) is 0.523. The van der Waals surface area contributed by atoms with Gasteiger partial charge in [-0.25, -0.2) is 0 Å². The van der Waals surface area contributed by atoms with Crippen molar-refractivity contribution in [2.24, 2.45) is 0 Å². The molecule has 0 fully saturated rings. The molecule has 0 rings (SSSR count). The lowest BCUT2D eigenvalue weighted by molar-refractivity contribution is 1.10. The first kappa shape index (κ1) is 9.48. The molecule has 0 aliphatic rings. The molecule has 0 aromatic carbocycles. The molecule has 0 aliphatic carbocycles. The number of rotatable bonds is 3. The monoisotopic (exact) mass is 137 g/mol. The summed E-state index contributed by atoms with van der Waals surface area (Å²) in [5.41, 5.74) is 1.43. The Morgan fingerprint density at radius 3 is 2.20 bits per heavy atom. The van der Waals surface area contributed by atoms with E-state index < -0.39 is 0 Å². The van der Waals surface area contributed by atoms with E-state index in [0.29, 0.717) is 0 Å². The average molecular weight is 137 g/mol. The molecule has 0 bridgehead atoms. The van der Waals surface area contributed by atoms with Gasteiger partial charge in [-0.1, -0.05) is 44.6 Å². The number of allylic oxidation sites excluding steroid dienone is 4. The SMILES string of the molecule is CCC(C)=CC=C[C](C)C. The van der Waals surface area contributed by atoms with E-state index in [-0.39, 0.29) is 0 Å². The van der Waals surface area contributed by atoms with E-state index in [1.54, 1.807) is 0 Å². The van der Waals surface area contributed by atoms with Crippen LogP contribution in [0.2, 0.25) is 0 Å². The average Bonchev–Trinajstić information content (AvgIpc) is 1.87. The zero-order valence-corrected chi connectivity index (χ0v) is 7.44. The van der Waals surface area contributed by atoms with Crippen molar-refractivity contribution < 1.29 is 0 Å². The Morgan fingerprint density at radius 1 is 1.20 bits per heavy atom. The standard InChI is InChI=1S/C10H17/c1-5-10(4)8-6-7-9(2)3/h6-8H,5H2,1-4H3. The summed E-state index contributed by atoms with van der Waals surface area (Å²) < 4.78 is 0. The van der Waals surface area contributed by atoms with Crippen molar-refractivity contribution in [1.29, 1.82) is 0 Å². The van der Waals surface area contributed by atoms with E-state index in [0.717, 1.165) is 6.42 Å². The fraction of sp³-hybridized carbons (Fsp3) is 0.500. The van der Waals surface area contributed by atoms with E-state index in [2.05, 4.69) is 45.9 Å². The van der Waals surface area contributed by atoms with Crippen LogP contribution in [0.25, 0.3) is 0 Å². The second-order valence-corrected chi connectivity index (χ2v) is 2.80. The Balaban J connectivity index is 3.70. The van der Waals surface area contributed by atoms with Crippen molar-refractivity contribution >= 4 is 0 Å². The van der Waals surface area contributed by atoms with Crippen LogP contribution in [0.5, 0.6) is 0 Å². The minimum absolute atomic E-state index is 1.15. The van der Waals surface area contributed by atoms with Crippen molar-refractivity contribution in [1.82, 2.24) is 0 Å². The lowest BCUT2D eigenvalue weighted by Gasteiger charge is -1.91. The molecule has 0 unspecified atom stereocenters. The Hall–Kier alpha value is -0.520. The Labute approximate surface area is 64.6 Å². The van der Waals surface area contributed by atoms with Crippen molar-refractivity contribution in [3.8, 4) is 0 Å². The molecule has 0 atom stereocenters. The van der Waals surface area contributed by atoms with Gasteiger partial charge in [0.2, 0.25) is 0 Å². The molecular formula is C10H17. The minimum atomic E-state index is 1.15. The van der Waals surface area contributed by atoms with Crippen LogP contribution in [0.3, 0.4) is 0 Å². The zero-order valence-electron chi connectivity index (χ0n) is 7.44. The third-order valence-corrected chi connectivity index (χ3v) is 1.37. The summed E-state index contributed by atoms with van der Waals surface area (Å²) in [5.74, 6) is 1.35. The van der Waals surface area contributed by atoms with Crippen molar-refractivity contribution in [3.63, 3.8) is 0 Å². The zero-order chi connectivity index (χ0) is 7.98. The molecule has 0 heteroatoms. The Bertz CT molecular complexity index is 127. The van der Waals surface area contributed by atoms with Gasteiger partial charge in [-0.05, 0) is 19.3 Å². The summed E-state index contributed by atoms with van der Waals surface area (Å²) in [6.07, 6.45) is 7.54. The molecule has 0 aromatic rings. The van der Waals surface area contributed by atoms with Crippen molar-refractivity contribution in [3.05, 3.63) is 29.7 Å². The van der Waals surface area contributed by atoms with Crippen molar-refractivity contribution in [2.45, 2.75) is 34.1 Å². The maximum Gasteiger partial charge on any atom is -0.00860 e. The summed E-state index contributed by atoms with van der Waals surface area (Å²) in [4.78, 5) is 0. The van der Waals surface area contributed by atoms with Gasteiger partial charge in [-0.3, -0.25) is 0 Å². The molecule has 0 aliphatic heterocycles. The van der Waals surface area contributed by atoms with E-state index in [1.807, 2.05) is 0 Å². The molecule has 0 amide bonds. The van der Waals surface area contributed by atoms with Gasteiger partial charge < -0.3 is 0 Å². The molecule has 10 heavy (non-hydrogen) atoms. The van der Waals surface area contributed by atoms with E-state index >= 15 is 0 Å². The van der Waals surface area contributed by atoms with Crippen LogP contribution in [0, 0.1) is 5.92 Å². The predicted octanol–water partition coefficient (Wildman–Crippen LogP) is 3.51. The summed E-state index contributed by atoms with van der Waals surface area (Å²) in [7, 11) is 0. The topological polar surface area (TPSA) is 0 Å². The number of hydrogen-bond donors (Lipinski definition) is 0. The van der Waals surface area contributed by atoms with Gasteiger partial charge in [0.1, 0.15) is 0 Å². The molecule has 0 heterocycles. The second kappa shape index (κ2) is 5.28. The third kappa shape index (κ3) is 5.61. The summed E-state index contributed by atoms with van der Waals surface area (Å²) in [6, 6.07) is 0. The van der Waals surface area contributed by atoms with E-state index in [4.69, 9.17) is 0 Å². The highest BCUT2D eigenvalue weighted by molar-refractivity contribution is 5.15. The van der Waals surface area contributed by atoms with E-state index in [1.165, 1.54) is 11.5 Å². The maximum absolute atomic E-state index is 2.17. The van der Waals surface area contributed by atoms with Crippen LogP contribution < -0.4 is 0 Å². The maximum atomic E-state index is 2.17. The van der Waals surface area contributed by atoms with Gasteiger partial charge in [-0.15, -0.1) is 0 Å². The third-order valence-electron chi connectivity index (χ3n) is 1.37. The first-order valence-electron chi connectivity index (χ1n) is 3.80.